The Bertz CT molecular complexity index is 574. The van der Waals surface area contributed by atoms with Crippen LogP contribution in [0.3, 0.4) is 0 Å². The van der Waals surface area contributed by atoms with Gasteiger partial charge >= 0.3 is 0 Å². The summed E-state index contributed by atoms with van der Waals surface area (Å²) in [5, 5.41) is 0. The van der Waals surface area contributed by atoms with Crippen LogP contribution in [-0.4, -0.2) is 23.6 Å². The highest BCUT2D eigenvalue weighted by molar-refractivity contribution is 5.87. The van der Waals surface area contributed by atoms with Gasteiger partial charge in [-0.05, 0) is 18.1 Å². The molecule has 0 unspecified atom stereocenters. The smallest absolute Gasteiger partial charge is 0.250 e. The molecule has 2 rings (SSSR count). The summed E-state index contributed by atoms with van der Waals surface area (Å²) >= 11 is 0. The minimum Gasteiger partial charge on any atom is -0.372 e. The van der Waals surface area contributed by atoms with E-state index in [2.05, 4.69) is 28.7 Å². The molecule has 0 bridgehead atoms. The molecule has 0 aromatic carbocycles. The lowest BCUT2D eigenvalue weighted by Gasteiger charge is -2.22. The summed E-state index contributed by atoms with van der Waals surface area (Å²) in [5.41, 5.74) is 2.43. The number of aromatic nitrogens is 2. The largest absolute Gasteiger partial charge is 0.372 e. The van der Waals surface area contributed by atoms with Crippen molar-refractivity contribution in [2.45, 2.75) is 13.8 Å². The summed E-state index contributed by atoms with van der Waals surface area (Å²) in [4.78, 5) is 20.8. The second-order valence-electron chi connectivity index (χ2n) is 4.69. The van der Waals surface area contributed by atoms with Crippen LogP contribution in [0.1, 0.15) is 13.8 Å². The van der Waals surface area contributed by atoms with Crippen molar-refractivity contribution in [1.82, 2.24) is 9.97 Å². The molecule has 90 valence electrons. The minimum atomic E-state index is -0.0869. The third-order valence-corrected chi connectivity index (χ3v) is 2.63. The lowest BCUT2D eigenvalue weighted by Crippen LogP contribution is -2.24. The van der Waals surface area contributed by atoms with E-state index in [0.717, 1.165) is 23.3 Å². The second kappa shape index (κ2) is 4.57. The summed E-state index contributed by atoms with van der Waals surface area (Å²) in [6.45, 7) is 5.20. The molecule has 0 radical (unpaired) electrons. The van der Waals surface area contributed by atoms with Crippen LogP contribution in [0.2, 0.25) is 0 Å². The Morgan fingerprint density at radius 3 is 2.94 bits per heavy atom. The standard InChI is InChI=1S/C13H17N3O/c1-9(2)8-16(3)11-7-12(17)15-10-5-4-6-14-13(10)11/h4-7,9H,8H2,1-3H3,(H,15,17). The zero-order chi connectivity index (χ0) is 12.4. The van der Waals surface area contributed by atoms with Gasteiger partial charge in [0.2, 0.25) is 0 Å². The second-order valence-corrected chi connectivity index (χ2v) is 4.69. The zero-order valence-electron chi connectivity index (χ0n) is 10.4. The lowest BCUT2D eigenvalue weighted by molar-refractivity contribution is 0.639. The Morgan fingerprint density at radius 1 is 1.47 bits per heavy atom. The monoisotopic (exact) mass is 231 g/mol. The molecule has 0 aliphatic rings. The van der Waals surface area contributed by atoms with Crippen LogP contribution in [0.5, 0.6) is 0 Å². The van der Waals surface area contributed by atoms with Crippen LogP contribution in [-0.2, 0) is 0 Å². The van der Waals surface area contributed by atoms with Gasteiger partial charge in [-0.2, -0.15) is 0 Å². The van der Waals surface area contributed by atoms with Gasteiger partial charge in [-0.3, -0.25) is 9.78 Å². The van der Waals surface area contributed by atoms with Crippen LogP contribution < -0.4 is 10.5 Å². The van der Waals surface area contributed by atoms with Crippen molar-refractivity contribution >= 4 is 16.7 Å². The SMILES string of the molecule is CC(C)CN(C)c1cc(=O)[nH]c2cccnc12. The fourth-order valence-corrected chi connectivity index (χ4v) is 2.01. The van der Waals surface area contributed by atoms with Crippen LogP contribution in [0.4, 0.5) is 5.69 Å². The summed E-state index contributed by atoms with van der Waals surface area (Å²) in [6, 6.07) is 5.30. The molecule has 0 aliphatic carbocycles. The molecule has 1 N–H and O–H groups in total. The van der Waals surface area contributed by atoms with Crippen LogP contribution in [0.25, 0.3) is 11.0 Å². The van der Waals surface area contributed by atoms with Gasteiger partial charge in [0.05, 0.1) is 11.2 Å². The molecule has 0 saturated heterocycles. The lowest BCUT2D eigenvalue weighted by atomic mass is 10.2. The van der Waals surface area contributed by atoms with E-state index in [9.17, 15) is 4.79 Å². The molecule has 17 heavy (non-hydrogen) atoms. The number of fused-ring (bicyclic) bond motifs is 1. The number of hydrogen-bond acceptors (Lipinski definition) is 3. The first-order chi connectivity index (χ1) is 8.08. The molecule has 0 spiro atoms. The van der Waals surface area contributed by atoms with Crippen molar-refractivity contribution in [2.24, 2.45) is 5.92 Å². The first-order valence-corrected chi connectivity index (χ1v) is 5.77. The topological polar surface area (TPSA) is 49.0 Å². The molecular weight excluding hydrogens is 214 g/mol. The van der Waals surface area contributed by atoms with Crippen molar-refractivity contribution in [3.63, 3.8) is 0 Å². The number of anilines is 1. The van der Waals surface area contributed by atoms with Crippen molar-refractivity contribution in [3.8, 4) is 0 Å². The van der Waals surface area contributed by atoms with E-state index in [0.29, 0.717) is 5.92 Å². The summed E-state index contributed by atoms with van der Waals surface area (Å²) in [5.74, 6) is 0.540. The molecule has 0 fully saturated rings. The molecule has 4 heteroatoms. The average Bonchev–Trinajstić information content (AvgIpc) is 2.26. The van der Waals surface area contributed by atoms with Crippen LogP contribution in [0.15, 0.2) is 29.2 Å². The van der Waals surface area contributed by atoms with Crippen LogP contribution in [0, 0.1) is 5.92 Å². The number of hydrogen-bond donors (Lipinski definition) is 1. The third kappa shape index (κ3) is 2.46. The van der Waals surface area contributed by atoms with Gasteiger partial charge in [0.25, 0.3) is 5.56 Å². The molecule has 0 amide bonds. The van der Waals surface area contributed by atoms with Crippen molar-refractivity contribution < 1.29 is 0 Å². The number of H-pyrrole nitrogens is 1. The normalized spacial score (nSPS) is 11.1. The van der Waals surface area contributed by atoms with Crippen molar-refractivity contribution in [3.05, 3.63) is 34.7 Å². The fourth-order valence-electron chi connectivity index (χ4n) is 2.01. The molecule has 2 heterocycles. The highest BCUT2D eigenvalue weighted by Crippen LogP contribution is 2.20. The minimum absolute atomic E-state index is 0.0869. The predicted molar refractivity (Wildman–Crippen MR) is 70.5 cm³/mol. The molecule has 0 saturated carbocycles. The first-order valence-electron chi connectivity index (χ1n) is 5.77. The highest BCUT2D eigenvalue weighted by atomic mass is 16.1. The molecule has 2 aromatic heterocycles. The average molecular weight is 231 g/mol. The van der Waals surface area contributed by atoms with Crippen LogP contribution >= 0.6 is 0 Å². The molecule has 2 aromatic rings. The Labute approximate surface area is 100 Å². The highest BCUT2D eigenvalue weighted by Gasteiger charge is 2.09. The Kier molecular flexibility index (Phi) is 3.13. The van der Waals surface area contributed by atoms with Gasteiger partial charge in [-0.1, -0.05) is 13.8 Å². The number of nitrogens with one attached hydrogen (secondary N) is 1. The third-order valence-electron chi connectivity index (χ3n) is 2.63. The van der Waals surface area contributed by atoms with Gasteiger partial charge in [0.15, 0.2) is 0 Å². The summed E-state index contributed by atoms with van der Waals surface area (Å²) < 4.78 is 0. The van der Waals surface area contributed by atoms with E-state index in [1.54, 1.807) is 12.3 Å². The van der Waals surface area contributed by atoms with Crippen molar-refractivity contribution in [1.29, 1.82) is 0 Å². The van der Waals surface area contributed by atoms with Gasteiger partial charge < -0.3 is 9.88 Å². The van der Waals surface area contributed by atoms with E-state index >= 15 is 0 Å². The maximum absolute atomic E-state index is 11.6. The van der Waals surface area contributed by atoms with E-state index in [4.69, 9.17) is 0 Å². The summed E-state index contributed by atoms with van der Waals surface area (Å²) in [6.07, 6.45) is 1.74. The first kappa shape index (κ1) is 11.6. The summed E-state index contributed by atoms with van der Waals surface area (Å²) in [7, 11) is 1.99. The molecular formula is C13H17N3O. The molecule has 0 aliphatic heterocycles. The van der Waals surface area contributed by atoms with Gasteiger partial charge in [-0.25, -0.2) is 0 Å². The van der Waals surface area contributed by atoms with E-state index in [1.165, 1.54) is 0 Å². The maximum atomic E-state index is 11.6. The predicted octanol–water partition coefficient (Wildman–Crippen LogP) is 2.02. The number of nitrogens with zero attached hydrogens (tertiary/aromatic N) is 2. The maximum Gasteiger partial charge on any atom is 0.250 e. The van der Waals surface area contributed by atoms with E-state index < -0.39 is 0 Å². The Balaban J connectivity index is 2.55. The number of rotatable bonds is 3. The number of aromatic amines is 1. The zero-order valence-corrected chi connectivity index (χ0v) is 10.4. The van der Waals surface area contributed by atoms with E-state index in [-0.39, 0.29) is 5.56 Å². The van der Waals surface area contributed by atoms with Gasteiger partial charge in [0.1, 0.15) is 5.52 Å². The van der Waals surface area contributed by atoms with Gasteiger partial charge in [0, 0.05) is 25.9 Å². The Morgan fingerprint density at radius 2 is 2.24 bits per heavy atom. The van der Waals surface area contributed by atoms with Gasteiger partial charge in [-0.15, -0.1) is 0 Å². The number of pyridine rings is 2. The van der Waals surface area contributed by atoms with E-state index in [1.807, 2.05) is 19.2 Å². The Hall–Kier alpha value is -1.84. The molecule has 4 nitrogen and oxygen atoms in total. The quantitative estimate of drug-likeness (QED) is 0.879. The van der Waals surface area contributed by atoms with Crippen molar-refractivity contribution in [2.75, 3.05) is 18.5 Å². The molecule has 0 atom stereocenters. The fraction of sp³-hybridized carbons (Fsp3) is 0.385.